The Morgan fingerprint density at radius 1 is 0.875 bits per heavy atom. The molecule has 0 bridgehead atoms. The summed E-state index contributed by atoms with van der Waals surface area (Å²) >= 11 is 1.75. The Hall–Kier alpha value is -5.62. The van der Waals surface area contributed by atoms with Gasteiger partial charge in [-0.25, -0.2) is 19.9 Å². The lowest BCUT2D eigenvalue weighted by atomic mass is 9.92. The van der Waals surface area contributed by atoms with E-state index in [0.29, 0.717) is 49.6 Å². The largest absolute Gasteiger partial charge is 0.508 e. The van der Waals surface area contributed by atoms with E-state index in [1.807, 2.05) is 32.0 Å². The highest BCUT2D eigenvalue weighted by molar-refractivity contribution is 7.19. The van der Waals surface area contributed by atoms with Crippen LogP contribution >= 0.6 is 11.3 Å². The summed E-state index contributed by atoms with van der Waals surface area (Å²) in [5.74, 6) is 2.42. The smallest absolute Gasteiger partial charge is 0.258 e. The van der Waals surface area contributed by atoms with E-state index >= 15 is 0 Å². The van der Waals surface area contributed by atoms with Gasteiger partial charge in [-0.15, -0.1) is 11.3 Å². The summed E-state index contributed by atoms with van der Waals surface area (Å²) in [5.41, 5.74) is 10.3. The fourth-order valence-electron chi connectivity index (χ4n) is 9.83. The fraction of sp³-hybridized carbons (Fsp3) is 0.489. The van der Waals surface area contributed by atoms with Gasteiger partial charge in [0, 0.05) is 94.2 Å². The first-order valence-electron chi connectivity index (χ1n) is 22.6. The highest BCUT2D eigenvalue weighted by atomic mass is 32.1. The van der Waals surface area contributed by atoms with Gasteiger partial charge in [-0.3, -0.25) is 19.4 Å². The summed E-state index contributed by atoms with van der Waals surface area (Å²) in [7, 11) is 0. The van der Waals surface area contributed by atoms with Gasteiger partial charge in [0.1, 0.15) is 23.4 Å². The number of piperidine rings is 2. The zero-order valence-corrected chi connectivity index (χ0v) is 37.3. The number of hydrogen-bond donors (Lipinski definition) is 3. The molecular weight excluding hydrogens is 833 g/mol. The number of phenolic OH excluding ortho intramolecular Hbond substituents is 2. The molecule has 2 aromatic carbocycles. The lowest BCUT2D eigenvalue weighted by Gasteiger charge is -2.48. The van der Waals surface area contributed by atoms with Gasteiger partial charge in [0.15, 0.2) is 11.6 Å². The van der Waals surface area contributed by atoms with Crippen LogP contribution in [-0.4, -0.2) is 139 Å². The quantitative estimate of drug-likeness (QED) is 0.166. The molecule has 3 aromatic heterocycles. The first-order chi connectivity index (χ1) is 31.0. The number of likely N-dealkylation sites (tertiary alicyclic amines) is 3. The van der Waals surface area contributed by atoms with Crippen molar-refractivity contribution in [3.05, 3.63) is 75.9 Å². The first kappa shape index (κ1) is 42.3. The van der Waals surface area contributed by atoms with Crippen molar-refractivity contribution in [3.63, 3.8) is 0 Å². The monoisotopic (exact) mass is 888 g/mol. The van der Waals surface area contributed by atoms with Gasteiger partial charge in [-0.1, -0.05) is 19.9 Å². The maximum Gasteiger partial charge on any atom is 0.258 e. The number of aromatic hydroxyl groups is 2. The van der Waals surface area contributed by atoms with Crippen molar-refractivity contribution >= 4 is 45.1 Å². The van der Waals surface area contributed by atoms with E-state index in [1.54, 1.807) is 34.7 Å². The minimum Gasteiger partial charge on any atom is -0.508 e. The van der Waals surface area contributed by atoms with Crippen LogP contribution in [0.2, 0.25) is 0 Å². The van der Waals surface area contributed by atoms with Crippen molar-refractivity contribution in [1.82, 2.24) is 39.5 Å². The highest BCUT2D eigenvalue weighted by Gasteiger charge is 2.40. The number of rotatable bonds is 10. The van der Waals surface area contributed by atoms with E-state index in [-0.39, 0.29) is 46.9 Å². The molecule has 0 radical (unpaired) electrons. The summed E-state index contributed by atoms with van der Waals surface area (Å²) in [5, 5.41) is 20.8. The van der Waals surface area contributed by atoms with Crippen LogP contribution in [0.3, 0.4) is 0 Å². The number of nitrogen functional groups attached to an aromatic ring is 1. The van der Waals surface area contributed by atoms with Gasteiger partial charge in [-0.2, -0.15) is 0 Å². The third-order valence-electron chi connectivity index (χ3n) is 13.6. The molecule has 5 aliphatic rings. The molecule has 0 atom stereocenters. The Bertz CT molecular complexity index is 2530. The normalized spacial score (nSPS) is 19.4. The Balaban J connectivity index is 0.676. The Labute approximate surface area is 376 Å². The number of thiophene rings is 1. The number of phenols is 2. The maximum absolute atomic E-state index is 13.7. The lowest BCUT2D eigenvalue weighted by Crippen LogP contribution is -2.63. The number of hydrogen-bond acceptors (Lipinski definition) is 15. The summed E-state index contributed by atoms with van der Waals surface area (Å²) < 4.78 is 13.2. The lowest BCUT2D eigenvalue weighted by molar-refractivity contribution is -0.145. The van der Waals surface area contributed by atoms with Crippen LogP contribution < -0.4 is 15.4 Å². The zero-order valence-electron chi connectivity index (χ0n) is 36.5. The molecule has 17 heteroatoms. The standard InChI is InChI=1S/C47H56N10O6S/c1-28(2)37-19-38(41(59)20-40(37)58)46(61)56-23-30-3-4-35(17-31(30)24-56)63-34-7-11-54(12-8-34)33-25-57(26-33)45(60)29-5-9-53(10-6-29)27-36-18-39-42(64-36)44(55-13-15-62-16-14-55)52-43(51-39)32-21-49-47(48)50-22-32/h3-4,17-22,28-29,33-34,58-59H,5-16,23-27H2,1-2H3,(H2,48,49,50). The number of aromatic nitrogens is 4. The number of carbonyl (C=O) groups is 2. The van der Waals surface area contributed by atoms with Gasteiger partial charge in [0.2, 0.25) is 11.9 Å². The van der Waals surface area contributed by atoms with Crippen molar-refractivity contribution in [2.24, 2.45) is 5.92 Å². The third-order valence-corrected chi connectivity index (χ3v) is 14.7. The predicted molar refractivity (Wildman–Crippen MR) is 243 cm³/mol. The number of anilines is 2. The van der Waals surface area contributed by atoms with Crippen LogP contribution in [0, 0.1) is 5.92 Å². The second kappa shape index (κ2) is 17.7. The van der Waals surface area contributed by atoms with E-state index in [4.69, 9.17) is 25.2 Å². The van der Waals surface area contributed by atoms with Crippen LogP contribution in [0.25, 0.3) is 21.6 Å². The maximum atomic E-state index is 13.7. The molecular formula is C47H56N10O6S. The van der Waals surface area contributed by atoms with Gasteiger partial charge in [0.25, 0.3) is 5.91 Å². The van der Waals surface area contributed by atoms with Gasteiger partial charge in [0.05, 0.1) is 34.6 Å². The molecule has 10 rings (SSSR count). The molecule has 0 saturated carbocycles. The molecule has 2 amide bonds. The molecule has 5 aliphatic heterocycles. The molecule has 64 heavy (non-hydrogen) atoms. The molecule has 336 valence electrons. The number of nitrogens with zero attached hydrogens (tertiary/aromatic N) is 9. The Kier molecular flexibility index (Phi) is 11.7. The number of morpholine rings is 1. The highest BCUT2D eigenvalue weighted by Crippen LogP contribution is 2.38. The van der Waals surface area contributed by atoms with Crippen LogP contribution in [0.15, 0.2) is 48.8 Å². The summed E-state index contributed by atoms with van der Waals surface area (Å²) in [6.45, 7) is 13.7. The molecule has 8 heterocycles. The molecule has 4 saturated heterocycles. The first-order valence-corrected chi connectivity index (χ1v) is 23.4. The van der Waals surface area contributed by atoms with Crippen molar-refractivity contribution in [3.8, 4) is 28.6 Å². The number of nitrogens with two attached hydrogens (primary N) is 1. The molecule has 4 N–H and O–H groups in total. The number of amides is 2. The van der Waals surface area contributed by atoms with Gasteiger partial charge < -0.3 is 40.1 Å². The topological polar surface area (TPSA) is 187 Å². The van der Waals surface area contributed by atoms with Crippen LogP contribution in [0.4, 0.5) is 11.8 Å². The average molecular weight is 889 g/mol. The summed E-state index contributed by atoms with van der Waals surface area (Å²) in [6, 6.07) is 11.5. The minimum atomic E-state index is -0.260. The SMILES string of the molecule is CC(C)c1cc(C(=O)N2Cc3ccc(OC4CCN(C5CN(C(=O)C6CCN(Cc7cc8nc(-c9cnc(N)nc9)nc(N9CCOCC9)c8s7)CC6)C5)CC4)cc3C2)c(O)cc1O. The Morgan fingerprint density at radius 3 is 2.34 bits per heavy atom. The molecule has 0 unspecified atom stereocenters. The van der Waals surface area contributed by atoms with Crippen molar-refractivity contribution in [2.45, 2.75) is 77.2 Å². The van der Waals surface area contributed by atoms with Crippen molar-refractivity contribution in [2.75, 3.05) is 76.2 Å². The fourth-order valence-corrected chi connectivity index (χ4v) is 11.0. The number of ether oxygens (including phenoxy) is 2. The zero-order chi connectivity index (χ0) is 44.1. The molecule has 16 nitrogen and oxygen atoms in total. The predicted octanol–water partition coefficient (Wildman–Crippen LogP) is 5.22. The number of carbonyl (C=O) groups excluding carboxylic acids is 2. The van der Waals surface area contributed by atoms with Crippen LogP contribution in [0.1, 0.15) is 77.4 Å². The minimum absolute atomic E-state index is 0.00609. The average Bonchev–Trinajstić information content (AvgIpc) is 3.90. The van der Waals surface area contributed by atoms with Crippen molar-refractivity contribution in [1.29, 1.82) is 0 Å². The van der Waals surface area contributed by atoms with E-state index in [1.165, 1.54) is 10.9 Å². The van der Waals surface area contributed by atoms with Crippen LogP contribution in [0.5, 0.6) is 17.2 Å². The number of fused-ring (bicyclic) bond motifs is 2. The van der Waals surface area contributed by atoms with Crippen LogP contribution in [-0.2, 0) is 29.2 Å². The van der Waals surface area contributed by atoms with E-state index < -0.39 is 0 Å². The van der Waals surface area contributed by atoms with E-state index in [9.17, 15) is 19.8 Å². The molecule has 0 spiro atoms. The molecule has 0 aliphatic carbocycles. The molecule has 5 aromatic rings. The van der Waals surface area contributed by atoms with Gasteiger partial charge >= 0.3 is 0 Å². The van der Waals surface area contributed by atoms with E-state index in [2.05, 4.69) is 35.6 Å². The number of benzene rings is 2. The second-order valence-corrected chi connectivity index (χ2v) is 19.3. The van der Waals surface area contributed by atoms with Crippen molar-refractivity contribution < 1.29 is 29.3 Å². The third kappa shape index (κ3) is 8.65. The molecule has 4 fully saturated rings. The summed E-state index contributed by atoms with van der Waals surface area (Å²) in [4.78, 5) is 57.7. The summed E-state index contributed by atoms with van der Waals surface area (Å²) in [6.07, 6.45) is 7.01. The van der Waals surface area contributed by atoms with Gasteiger partial charge in [-0.05, 0) is 85.6 Å². The van der Waals surface area contributed by atoms with E-state index in [0.717, 1.165) is 123 Å². The second-order valence-electron chi connectivity index (χ2n) is 18.2. The Morgan fingerprint density at radius 2 is 1.61 bits per heavy atom.